The highest BCUT2D eigenvalue weighted by Gasteiger charge is 2.13. The van der Waals surface area contributed by atoms with E-state index in [0.717, 1.165) is 17.1 Å². The van der Waals surface area contributed by atoms with Crippen molar-refractivity contribution in [2.24, 2.45) is 0 Å². The summed E-state index contributed by atoms with van der Waals surface area (Å²) in [4.78, 5) is 8.27. The SMILES string of the molecule is COCc1nc(N)cc(OCc2ccc3c(c2)OCO3)n1. The van der Waals surface area contributed by atoms with Gasteiger partial charge in [0.05, 0.1) is 0 Å². The molecule has 0 saturated carbocycles. The van der Waals surface area contributed by atoms with Crippen LogP contribution in [-0.2, 0) is 18.0 Å². The number of aromatic nitrogens is 2. The number of hydrogen-bond acceptors (Lipinski definition) is 7. The summed E-state index contributed by atoms with van der Waals surface area (Å²) >= 11 is 0. The molecular weight excluding hydrogens is 274 g/mol. The minimum atomic E-state index is 0.252. The fourth-order valence-electron chi connectivity index (χ4n) is 1.95. The van der Waals surface area contributed by atoms with Gasteiger partial charge in [-0.05, 0) is 17.7 Å². The van der Waals surface area contributed by atoms with Crippen LogP contribution in [-0.4, -0.2) is 23.9 Å². The summed E-state index contributed by atoms with van der Waals surface area (Å²) in [5.74, 6) is 2.70. The third-order valence-electron chi connectivity index (χ3n) is 2.87. The highest BCUT2D eigenvalue weighted by molar-refractivity contribution is 5.44. The Balaban J connectivity index is 1.69. The van der Waals surface area contributed by atoms with Crippen molar-refractivity contribution in [2.75, 3.05) is 19.6 Å². The van der Waals surface area contributed by atoms with Gasteiger partial charge in [-0.1, -0.05) is 6.07 Å². The van der Waals surface area contributed by atoms with Gasteiger partial charge in [0.1, 0.15) is 19.0 Å². The Morgan fingerprint density at radius 2 is 2.00 bits per heavy atom. The van der Waals surface area contributed by atoms with Gasteiger partial charge in [0.2, 0.25) is 12.7 Å². The van der Waals surface area contributed by atoms with Gasteiger partial charge in [-0.15, -0.1) is 0 Å². The third kappa shape index (κ3) is 3.14. The normalized spacial score (nSPS) is 12.4. The van der Waals surface area contributed by atoms with Crippen molar-refractivity contribution < 1.29 is 18.9 Å². The summed E-state index contributed by atoms with van der Waals surface area (Å²) in [6.07, 6.45) is 0. The first-order valence-electron chi connectivity index (χ1n) is 6.38. The molecule has 2 N–H and O–H groups in total. The number of ether oxygens (including phenoxy) is 4. The van der Waals surface area contributed by atoms with Crippen LogP contribution in [0.3, 0.4) is 0 Å². The van der Waals surface area contributed by atoms with Gasteiger partial charge >= 0.3 is 0 Å². The van der Waals surface area contributed by atoms with E-state index in [1.165, 1.54) is 0 Å². The van der Waals surface area contributed by atoms with Crippen LogP contribution >= 0.6 is 0 Å². The molecule has 7 heteroatoms. The lowest BCUT2D eigenvalue weighted by atomic mass is 10.2. The molecule has 7 nitrogen and oxygen atoms in total. The van der Waals surface area contributed by atoms with E-state index in [-0.39, 0.29) is 13.4 Å². The van der Waals surface area contributed by atoms with Crippen LogP contribution in [0, 0.1) is 0 Å². The summed E-state index contributed by atoms with van der Waals surface area (Å²) in [6, 6.07) is 7.22. The molecule has 1 aromatic carbocycles. The van der Waals surface area contributed by atoms with Gasteiger partial charge in [-0.3, -0.25) is 0 Å². The van der Waals surface area contributed by atoms with E-state index in [0.29, 0.717) is 24.1 Å². The Hall–Kier alpha value is -2.54. The zero-order valence-corrected chi connectivity index (χ0v) is 11.5. The molecule has 2 aromatic rings. The maximum absolute atomic E-state index is 5.71. The lowest BCUT2D eigenvalue weighted by molar-refractivity contribution is 0.173. The van der Waals surface area contributed by atoms with E-state index < -0.39 is 0 Å². The molecule has 0 bridgehead atoms. The number of rotatable bonds is 5. The fraction of sp³-hybridized carbons (Fsp3) is 0.286. The molecule has 110 valence electrons. The number of fused-ring (bicyclic) bond motifs is 1. The second-order valence-electron chi connectivity index (χ2n) is 4.46. The van der Waals surface area contributed by atoms with E-state index in [4.69, 9.17) is 24.7 Å². The highest BCUT2D eigenvalue weighted by Crippen LogP contribution is 2.32. The van der Waals surface area contributed by atoms with Crippen LogP contribution < -0.4 is 19.9 Å². The number of nitrogen functional groups attached to an aromatic ring is 1. The minimum Gasteiger partial charge on any atom is -0.473 e. The van der Waals surface area contributed by atoms with Gasteiger partial charge < -0.3 is 24.7 Å². The molecule has 0 aliphatic carbocycles. The van der Waals surface area contributed by atoms with Crippen molar-refractivity contribution >= 4 is 5.82 Å². The van der Waals surface area contributed by atoms with Crippen LogP contribution in [0.2, 0.25) is 0 Å². The molecule has 0 radical (unpaired) electrons. The van der Waals surface area contributed by atoms with Gasteiger partial charge in [0.15, 0.2) is 17.3 Å². The maximum atomic E-state index is 5.71. The van der Waals surface area contributed by atoms with E-state index in [9.17, 15) is 0 Å². The van der Waals surface area contributed by atoms with Crippen LogP contribution in [0.15, 0.2) is 24.3 Å². The third-order valence-corrected chi connectivity index (χ3v) is 2.87. The second-order valence-corrected chi connectivity index (χ2v) is 4.46. The molecule has 0 saturated heterocycles. The first-order valence-corrected chi connectivity index (χ1v) is 6.38. The Bertz CT molecular complexity index is 648. The molecule has 1 aliphatic rings. The number of hydrogen-bond donors (Lipinski definition) is 1. The minimum absolute atomic E-state index is 0.252. The van der Waals surface area contributed by atoms with E-state index in [1.54, 1.807) is 13.2 Å². The zero-order chi connectivity index (χ0) is 14.7. The first-order chi connectivity index (χ1) is 10.2. The average molecular weight is 289 g/mol. The quantitative estimate of drug-likeness (QED) is 0.892. The molecule has 0 spiro atoms. The second kappa shape index (κ2) is 5.84. The maximum Gasteiger partial charge on any atom is 0.231 e. The summed E-state index contributed by atoms with van der Waals surface area (Å²) in [6.45, 7) is 0.882. The van der Waals surface area contributed by atoms with Crippen molar-refractivity contribution in [2.45, 2.75) is 13.2 Å². The molecule has 0 fully saturated rings. The number of anilines is 1. The number of nitrogens with two attached hydrogens (primary N) is 1. The summed E-state index contributed by atoms with van der Waals surface area (Å²) in [5.41, 5.74) is 6.66. The summed E-state index contributed by atoms with van der Waals surface area (Å²) in [5, 5.41) is 0. The molecular formula is C14H15N3O4. The van der Waals surface area contributed by atoms with Crippen LogP contribution in [0.5, 0.6) is 17.4 Å². The van der Waals surface area contributed by atoms with E-state index in [1.807, 2.05) is 18.2 Å². The number of nitrogens with zero attached hydrogens (tertiary/aromatic N) is 2. The largest absolute Gasteiger partial charge is 0.473 e. The number of benzene rings is 1. The summed E-state index contributed by atoms with van der Waals surface area (Å²) < 4.78 is 21.2. The fourth-order valence-corrected chi connectivity index (χ4v) is 1.95. The monoisotopic (exact) mass is 289 g/mol. The molecule has 0 atom stereocenters. The molecule has 1 aliphatic heterocycles. The topological polar surface area (TPSA) is 88.7 Å². The van der Waals surface area contributed by atoms with Gasteiger partial charge in [0, 0.05) is 13.2 Å². The molecule has 0 unspecified atom stereocenters. The highest BCUT2D eigenvalue weighted by atomic mass is 16.7. The average Bonchev–Trinajstić information content (AvgIpc) is 2.92. The molecule has 21 heavy (non-hydrogen) atoms. The zero-order valence-electron chi connectivity index (χ0n) is 11.5. The predicted octanol–water partition coefficient (Wildman–Crippen LogP) is 1.51. The van der Waals surface area contributed by atoms with E-state index in [2.05, 4.69) is 9.97 Å². The van der Waals surface area contributed by atoms with Gasteiger partial charge in [0.25, 0.3) is 0 Å². The summed E-state index contributed by atoms with van der Waals surface area (Å²) in [7, 11) is 1.57. The molecule has 2 heterocycles. The Morgan fingerprint density at radius 1 is 1.14 bits per heavy atom. The van der Waals surface area contributed by atoms with Gasteiger partial charge in [-0.2, -0.15) is 4.98 Å². The van der Waals surface area contributed by atoms with Crippen molar-refractivity contribution in [1.29, 1.82) is 0 Å². The first kappa shape index (κ1) is 13.4. The Kier molecular flexibility index (Phi) is 3.74. The van der Waals surface area contributed by atoms with Crippen molar-refractivity contribution in [3.63, 3.8) is 0 Å². The van der Waals surface area contributed by atoms with Crippen LogP contribution in [0.4, 0.5) is 5.82 Å². The predicted molar refractivity (Wildman–Crippen MR) is 74.1 cm³/mol. The lowest BCUT2D eigenvalue weighted by Crippen LogP contribution is -2.04. The van der Waals surface area contributed by atoms with Crippen molar-refractivity contribution in [1.82, 2.24) is 9.97 Å². The molecule has 0 amide bonds. The van der Waals surface area contributed by atoms with Crippen LogP contribution in [0.1, 0.15) is 11.4 Å². The van der Waals surface area contributed by atoms with Crippen molar-refractivity contribution in [3.8, 4) is 17.4 Å². The lowest BCUT2D eigenvalue weighted by Gasteiger charge is -2.08. The number of methoxy groups -OCH3 is 1. The standard InChI is InChI=1S/C14H15N3O4/c1-18-7-13-16-12(15)5-14(17-13)19-6-9-2-3-10-11(4-9)21-8-20-10/h2-5H,6-8H2,1H3,(H2,15,16,17). The molecule has 1 aromatic heterocycles. The van der Waals surface area contributed by atoms with Crippen molar-refractivity contribution in [3.05, 3.63) is 35.7 Å². The molecule has 3 rings (SSSR count). The Labute approximate surface area is 121 Å². The smallest absolute Gasteiger partial charge is 0.231 e. The Morgan fingerprint density at radius 3 is 2.86 bits per heavy atom. The van der Waals surface area contributed by atoms with Crippen LogP contribution in [0.25, 0.3) is 0 Å². The van der Waals surface area contributed by atoms with Gasteiger partial charge in [-0.25, -0.2) is 4.98 Å². The van der Waals surface area contributed by atoms with E-state index >= 15 is 0 Å².